The minimum Gasteiger partial charge on any atom is -0.507 e. The van der Waals surface area contributed by atoms with Crippen LogP contribution in [0.5, 0.6) is 23.0 Å². The maximum absolute atomic E-state index is 10.9. The van der Waals surface area contributed by atoms with E-state index in [0.717, 1.165) is 22.3 Å². The van der Waals surface area contributed by atoms with Crippen molar-refractivity contribution in [3.8, 4) is 117 Å². The predicted octanol–water partition coefficient (Wildman–Crippen LogP) is 17.4. The van der Waals surface area contributed by atoms with E-state index in [1.165, 1.54) is 0 Å². The van der Waals surface area contributed by atoms with Gasteiger partial charge in [0.1, 0.15) is 34.4 Å². The van der Waals surface area contributed by atoms with Crippen molar-refractivity contribution < 1.29 is 20.4 Å². The molecule has 0 aliphatic heterocycles. The van der Waals surface area contributed by atoms with Crippen molar-refractivity contribution in [2.75, 3.05) is 0 Å². The Kier molecular flexibility index (Phi) is 20.4. The molecule has 6 aromatic carbocycles. The van der Waals surface area contributed by atoms with E-state index >= 15 is 0 Å². The largest absolute Gasteiger partial charge is 0.507 e. The van der Waals surface area contributed by atoms with Crippen molar-refractivity contribution in [2.24, 2.45) is 41.6 Å². The zero-order valence-corrected chi connectivity index (χ0v) is 54.8. The molecule has 0 bridgehead atoms. The first-order valence-electron chi connectivity index (χ1n) is 30.5. The normalized spacial score (nSPS) is 11.5. The van der Waals surface area contributed by atoms with Gasteiger partial charge in [-0.15, -0.1) is 0 Å². The van der Waals surface area contributed by atoms with Crippen LogP contribution in [-0.2, 0) is 0 Å². The molecule has 9 rings (SSSR count). The van der Waals surface area contributed by atoms with Gasteiger partial charge in [-0.25, -0.2) is 15.0 Å². The standard InChI is InChI=1S/C83H71N7O4/c1-80(2,3)42-38-58-26-34-76(91)62(46-58)52-84-68-32-24-56(50-74(68)86-54-64-48-60(28-36-78(64)93)40-44-82(7,8)9)22-30-66-16-13-18-70(88-66)72-20-15-21-73(90-72)71-19-14-17-67(89-71)31-23-57-25-33-69(85-53-63-47-59(27-35-77(63)92)39-43-81(4,5)6)75(51-57)87-55-65-49-61(29-37-79(65)94)41-45-83(10,11)12/h13-21,24-29,32-37,46-55,91-94H,1-12H3. The number of phenols is 4. The summed E-state index contributed by atoms with van der Waals surface area (Å²) in [7, 11) is 0. The molecule has 11 nitrogen and oxygen atoms in total. The Bertz CT molecular complexity index is 4620. The van der Waals surface area contributed by atoms with Crippen LogP contribution in [0.25, 0.3) is 22.8 Å². The number of aliphatic imine (C=N–C) groups is 4. The Balaban J connectivity index is 0.987. The van der Waals surface area contributed by atoms with E-state index in [4.69, 9.17) is 34.9 Å². The summed E-state index contributed by atoms with van der Waals surface area (Å²) in [5.41, 5.74) is 10.6. The van der Waals surface area contributed by atoms with E-state index in [0.29, 0.717) is 90.3 Å². The van der Waals surface area contributed by atoms with Crippen molar-refractivity contribution in [2.45, 2.75) is 83.1 Å². The lowest BCUT2D eigenvalue weighted by Gasteiger charge is -2.07. The van der Waals surface area contributed by atoms with Crippen molar-refractivity contribution in [1.82, 2.24) is 15.0 Å². The molecule has 11 heteroatoms. The van der Waals surface area contributed by atoms with E-state index in [1.807, 2.05) is 150 Å². The van der Waals surface area contributed by atoms with E-state index in [1.54, 1.807) is 122 Å². The number of phenolic OH excluding ortho intramolecular Hbond substituents is 4. The second kappa shape index (κ2) is 28.9. The van der Waals surface area contributed by atoms with Gasteiger partial charge >= 0.3 is 0 Å². The van der Waals surface area contributed by atoms with Crippen molar-refractivity contribution in [3.63, 3.8) is 0 Å². The first-order valence-corrected chi connectivity index (χ1v) is 30.5. The summed E-state index contributed by atoms with van der Waals surface area (Å²) in [4.78, 5) is 34.0. The first-order chi connectivity index (χ1) is 44.6. The number of rotatable bonds is 10. The van der Waals surface area contributed by atoms with Crippen LogP contribution in [-0.4, -0.2) is 60.2 Å². The number of aromatic hydroxyl groups is 4. The van der Waals surface area contributed by atoms with Gasteiger partial charge < -0.3 is 20.4 Å². The fraction of sp³-hybridized carbons (Fsp3) is 0.193. The molecule has 0 aliphatic carbocycles. The summed E-state index contributed by atoms with van der Waals surface area (Å²) in [6.45, 7) is 24.4. The molecule has 0 radical (unpaired) electrons. The van der Waals surface area contributed by atoms with Gasteiger partial charge in [-0.05, 0) is 241 Å². The number of nitrogens with zero attached hydrogens (tertiary/aromatic N) is 7. The fourth-order valence-corrected chi connectivity index (χ4v) is 8.45. The lowest BCUT2D eigenvalue weighted by molar-refractivity contribution is 0.474. The smallest absolute Gasteiger partial charge is 0.124 e. The monoisotopic (exact) mass is 1230 g/mol. The molecule has 0 saturated heterocycles. The van der Waals surface area contributed by atoms with Crippen LogP contribution in [0.2, 0.25) is 0 Å². The van der Waals surface area contributed by atoms with Gasteiger partial charge in [-0.3, -0.25) is 20.0 Å². The zero-order valence-electron chi connectivity index (χ0n) is 54.8. The molecule has 0 saturated carbocycles. The van der Waals surface area contributed by atoms with E-state index < -0.39 is 0 Å². The van der Waals surface area contributed by atoms with Crippen LogP contribution in [0.4, 0.5) is 22.7 Å². The van der Waals surface area contributed by atoms with Crippen molar-refractivity contribution >= 4 is 47.6 Å². The van der Waals surface area contributed by atoms with Gasteiger partial charge in [0.15, 0.2) is 0 Å². The summed E-state index contributed by atoms with van der Waals surface area (Å²) in [5, 5.41) is 43.5. The number of hydrogen-bond acceptors (Lipinski definition) is 11. The molecule has 0 fully saturated rings. The average Bonchev–Trinajstić information content (AvgIpc) is 0.886. The van der Waals surface area contributed by atoms with Gasteiger partial charge in [0.25, 0.3) is 0 Å². The highest BCUT2D eigenvalue weighted by atomic mass is 16.3. The highest BCUT2D eigenvalue weighted by Crippen LogP contribution is 2.33. The molecule has 3 aromatic heterocycles. The Hall–Kier alpha value is -12.0. The average molecular weight is 1230 g/mol. The second-order valence-electron chi connectivity index (χ2n) is 26.3. The molecule has 0 amide bonds. The maximum atomic E-state index is 10.9. The summed E-state index contributed by atoms with van der Waals surface area (Å²) in [6.07, 6.45) is 6.29. The zero-order chi connectivity index (χ0) is 67.2. The van der Waals surface area contributed by atoms with E-state index in [2.05, 4.69) is 71.0 Å². The molecule has 0 aliphatic rings. The Morgan fingerprint density at radius 3 is 0.830 bits per heavy atom. The molecule has 94 heavy (non-hydrogen) atoms. The lowest BCUT2D eigenvalue weighted by atomic mass is 9.97. The topological polar surface area (TPSA) is 169 Å². The van der Waals surface area contributed by atoms with Gasteiger partial charge in [-0.2, -0.15) is 0 Å². The van der Waals surface area contributed by atoms with Crippen LogP contribution in [0.3, 0.4) is 0 Å². The molecular formula is C83H71N7O4. The maximum Gasteiger partial charge on any atom is 0.124 e. The number of pyridine rings is 3. The highest BCUT2D eigenvalue weighted by molar-refractivity contribution is 5.92. The van der Waals surface area contributed by atoms with Crippen molar-refractivity contribution in [3.05, 3.63) is 231 Å². The summed E-state index contributed by atoms with van der Waals surface area (Å²) >= 11 is 0. The molecule has 0 atom stereocenters. The van der Waals surface area contributed by atoms with Gasteiger partial charge in [0.2, 0.25) is 0 Å². The summed E-state index contributed by atoms with van der Waals surface area (Å²) in [5.74, 6) is 38.9. The Morgan fingerprint density at radius 2 is 0.532 bits per heavy atom. The Morgan fingerprint density at radius 1 is 0.277 bits per heavy atom. The second-order valence-corrected chi connectivity index (χ2v) is 26.3. The van der Waals surface area contributed by atoms with Gasteiger partial charge in [0, 0.05) is 102 Å². The third-order valence-electron chi connectivity index (χ3n) is 13.2. The number of benzene rings is 6. The lowest BCUT2D eigenvalue weighted by Crippen LogP contribution is -1.99. The minimum absolute atomic E-state index is 0.0408. The van der Waals surface area contributed by atoms with Crippen molar-refractivity contribution in [1.29, 1.82) is 0 Å². The summed E-state index contributed by atoms with van der Waals surface area (Å²) < 4.78 is 0. The van der Waals surface area contributed by atoms with Crippen LogP contribution in [0, 0.1) is 92.7 Å². The molecule has 462 valence electrons. The SMILES string of the molecule is CC(C)(C)C#Cc1ccc(O)c(C=Nc2ccc(C#Cc3cccc(-c4cccc(-c5cccc(C#Cc6ccc(N=Cc7cc(C#CC(C)(C)C)ccc7O)c(N=Cc7cc(C#CC(C)(C)C)ccc7O)c6)n5)n4)n3)cc2N=Cc2cc(C#CC(C)(C)C)ccc2O)c1. The quantitative estimate of drug-likeness (QED) is 0.0780. The fourth-order valence-electron chi connectivity index (χ4n) is 8.45. The van der Waals surface area contributed by atoms with Gasteiger partial charge in [0.05, 0.1) is 45.5 Å². The third-order valence-corrected chi connectivity index (χ3v) is 13.2. The van der Waals surface area contributed by atoms with E-state index in [-0.39, 0.29) is 44.7 Å². The Labute approximate surface area is 552 Å². The number of hydrogen-bond donors (Lipinski definition) is 4. The molecular weight excluding hydrogens is 1160 g/mol. The first kappa shape index (κ1) is 66.4. The molecule has 0 unspecified atom stereocenters. The van der Waals surface area contributed by atoms with Crippen LogP contribution in [0.15, 0.2) is 184 Å². The molecule has 0 spiro atoms. The van der Waals surface area contributed by atoms with Crippen LogP contribution in [0.1, 0.15) is 150 Å². The minimum atomic E-state index is -0.212. The van der Waals surface area contributed by atoms with E-state index in [9.17, 15) is 20.4 Å². The molecule has 3 heterocycles. The number of aromatic nitrogens is 3. The van der Waals surface area contributed by atoms with Crippen LogP contribution >= 0.6 is 0 Å². The predicted molar refractivity (Wildman–Crippen MR) is 382 cm³/mol. The highest BCUT2D eigenvalue weighted by Gasteiger charge is 2.13. The molecule has 9 aromatic rings. The third kappa shape index (κ3) is 20.0. The molecule has 4 N–H and O–H groups in total. The van der Waals surface area contributed by atoms with Crippen LogP contribution < -0.4 is 0 Å². The summed E-state index contributed by atoms with van der Waals surface area (Å²) in [6, 6.07) is 48.3. The van der Waals surface area contributed by atoms with Gasteiger partial charge in [-0.1, -0.05) is 77.4 Å².